The molecule has 0 fully saturated rings. The van der Waals surface area contributed by atoms with E-state index >= 15 is 0 Å². The van der Waals surface area contributed by atoms with E-state index in [1.165, 1.54) is 0 Å². The molecule has 0 amide bonds. The van der Waals surface area contributed by atoms with Crippen molar-refractivity contribution in [3.05, 3.63) is 64.3 Å². The highest BCUT2D eigenvalue weighted by Gasteiger charge is 2.14. The number of aryl methyl sites for hydroxylation is 2. The first-order chi connectivity index (χ1) is 12.0. The number of aromatic hydroxyl groups is 1. The molecule has 3 aromatic rings. The molecule has 0 radical (unpaired) electrons. The fraction of sp³-hybridized carbons (Fsp3) is 0.150. The number of hydrogen-bond donors (Lipinski definition) is 1. The molecule has 0 saturated heterocycles. The average molecular weight is 353 g/mol. The summed E-state index contributed by atoms with van der Waals surface area (Å²) in [5.41, 5.74) is 3.55. The first-order valence-electron chi connectivity index (χ1n) is 7.67. The van der Waals surface area contributed by atoms with E-state index in [9.17, 15) is 5.11 Å². The van der Waals surface area contributed by atoms with Crippen LogP contribution in [0.2, 0.25) is 5.02 Å². The third-order valence-electron chi connectivity index (χ3n) is 3.79. The summed E-state index contributed by atoms with van der Waals surface area (Å²) >= 11 is 6.20. The largest absolute Gasteiger partial charge is 0.507 e. The Bertz CT molecular complexity index is 979. The van der Waals surface area contributed by atoms with Gasteiger partial charge in [-0.3, -0.25) is 4.68 Å². The minimum Gasteiger partial charge on any atom is -0.507 e. The van der Waals surface area contributed by atoms with Gasteiger partial charge < -0.3 is 9.84 Å². The smallest absolute Gasteiger partial charge is 0.125 e. The summed E-state index contributed by atoms with van der Waals surface area (Å²) in [4.78, 5) is 0. The molecule has 0 aliphatic heterocycles. The van der Waals surface area contributed by atoms with Gasteiger partial charge in [0, 0.05) is 29.4 Å². The SMILES string of the molecule is COc1ccc(C#Cc2cn(C)nc2-c2cc(Cl)c(C)cc2O)cc1. The van der Waals surface area contributed by atoms with E-state index in [1.807, 2.05) is 44.4 Å². The normalized spacial score (nSPS) is 10.2. The number of halogens is 1. The highest BCUT2D eigenvalue weighted by atomic mass is 35.5. The Morgan fingerprint density at radius 2 is 1.88 bits per heavy atom. The van der Waals surface area contributed by atoms with Gasteiger partial charge >= 0.3 is 0 Å². The molecular weight excluding hydrogens is 336 g/mol. The zero-order valence-electron chi connectivity index (χ0n) is 14.2. The van der Waals surface area contributed by atoms with Gasteiger partial charge in [-0.25, -0.2) is 0 Å². The second-order valence-corrected chi connectivity index (χ2v) is 6.07. The van der Waals surface area contributed by atoms with E-state index in [4.69, 9.17) is 16.3 Å². The van der Waals surface area contributed by atoms with Crippen LogP contribution in [-0.4, -0.2) is 22.0 Å². The predicted molar refractivity (Wildman–Crippen MR) is 99.0 cm³/mol. The van der Waals surface area contributed by atoms with Crippen molar-refractivity contribution in [1.82, 2.24) is 9.78 Å². The van der Waals surface area contributed by atoms with Gasteiger partial charge in [0.25, 0.3) is 0 Å². The molecule has 0 unspecified atom stereocenters. The van der Waals surface area contributed by atoms with Crippen LogP contribution in [0, 0.1) is 18.8 Å². The molecule has 0 atom stereocenters. The van der Waals surface area contributed by atoms with Gasteiger partial charge in [-0.2, -0.15) is 5.10 Å². The minimum absolute atomic E-state index is 0.132. The number of nitrogens with zero attached hydrogens (tertiary/aromatic N) is 2. The van der Waals surface area contributed by atoms with E-state index in [2.05, 4.69) is 16.9 Å². The quantitative estimate of drug-likeness (QED) is 0.704. The molecule has 1 heterocycles. The van der Waals surface area contributed by atoms with E-state index in [0.717, 1.165) is 16.9 Å². The van der Waals surface area contributed by atoms with Crippen LogP contribution in [0.25, 0.3) is 11.3 Å². The number of methoxy groups -OCH3 is 1. The molecule has 2 aromatic carbocycles. The molecule has 1 aromatic heterocycles. The van der Waals surface area contributed by atoms with Crippen LogP contribution in [0.3, 0.4) is 0 Å². The standard InChI is InChI=1S/C20H17ClN2O2/c1-13-10-19(24)17(11-18(13)21)20-15(12-23(2)22-20)7-4-14-5-8-16(25-3)9-6-14/h5-6,8-12,24H,1-3H3. The van der Waals surface area contributed by atoms with E-state index in [-0.39, 0.29) is 5.75 Å². The second-order valence-electron chi connectivity index (χ2n) is 5.66. The number of aromatic nitrogens is 2. The molecule has 0 aliphatic carbocycles. The van der Waals surface area contributed by atoms with Crippen LogP contribution in [0.4, 0.5) is 0 Å². The Morgan fingerprint density at radius 1 is 1.16 bits per heavy atom. The van der Waals surface area contributed by atoms with Gasteiger partial charge in [0.2, 0.25) is 0 Å². The summed E-state index contributed by atoms with van der Waals surface area (Å²) in [6.07, 6.45) is 1.82. The fourth-order valence-corrected chi connectivity index (χ4v) is 2.61. The molecule has 0 aliphatic rings. The van der Waals surface area contributed by atoms with Gasteiger partial charge in [0.15, 0.2) is 0 Å². The predicted octanol–water partition coefficient (Wildman–Crippen LogP) is 4.16. The van der Waals surface area contributed by atoms with E-state index < -0.39 is 0 Å². The zero-order chi connectivity index (χ0) is 18.0. The molecule has 1 N–H and O–H groups in total. The Morgan fingerprint density at radius 3 is 2.56 bits per heavy atom. The van der Waals surface area contributed by atoms with Crippen molar-refractivity contribution >= 4 is 11.6 Å². The third kappa shape index (κ3) is 3.62. The highest BCUT2D eigenvalue weighted by Crippen LogP contribution is 2.34. The van der Waals surface area contributed by atoms with Crippen LogP contribution >= 0.6 is 11.6 Å². The van der Waals surface area contributed by atoms with Gasteiger partial charge in [-0.1, -0.05) is 23.4 Å². The van der Waals surface area contributed by atoms with Gasteiger partial charge in [0.05, 0.1) is 12.7 Å². The number of benzene rings is 2. The van der Waals surface area contributed by atoms with E-state index in [1.54, 1.807) is 23.9 Å². The summed E-state index contributed by atoms with van der Waals surface area (Å²) in [6.45, 7) is 1.84. The van der Waals surface area contributed by atoms with Gasteiger partial charge in [0.1, 0.15) is 17.2 Å². The molecule has 3 rings (SSSR count). The molecule has 0 bridgehead atoms. The number of phenolic OH excluding ortho intramolecular Hbond substituents is 1. The van der Waals surface area contributed by atoms with Crippen molar-refractivity contribution in [2.75, 3.05) is 7.11 Å². The molecule has 4 nitrogen and oxygen atoms in total. The summed E-state index contributed by atoms with van der Waals surface area (Å²) in [7, 11) is 3.44. The van der Waals surface area contributed by atoms with Crippen molar-refractivity contribution in [3.8, 4) is 34.6 Å². The summed E-state index contributed by atoms with van der Waals surface area (Å²) in [5, 5.41) is 15.3. The number of rotatable bonds is 2. The molecule has 25 heavy (non-hydrogen) atoms. The topological polar surface area (TPSA) is 47.3 Å². The fourth-order valence-electron chi connectivity index (χ4n) is 2.45. The molecule has 0 spiro atoms. The number of phenols is 1. The Kier molecular flexibility index (Phi) is 4.69. The van der Waals surface area contributed by atoms with Gasteiger partial charge in [-0.05, 0) is 48.9 Å². The summed E-state index contributed by atoms with van der Waals surface area (Å²) < 4.78 is 6.81. The number of ether oxygens (including phenoxy) is 1. The molecule has 0 saturated carbocycles. The zero-order valence-corrected chi connectivity index (χ0v) is 14.9. The van der Waals surface area contributed by atoms with E-state index in [0.29, 0.717) is 21.8 Å². The lowest BCUT2D eigenvalue weighted by Gasteiger charge is -2.05. The van der Waals surface area contributed by atoms with Crippen LogP contribution in [0.5, 0.6) is 11.5 Å². The summed E-state index contributed by atoms with van der Waals surface area (Å²) in [5.74, 6) is 7.14. The minimum atomic E-state index is 0.132. The van der Waals surface area contributed by atoms with Crippen LogP contribution in [0.15, 0.2) is 42.6 Å². The van der Waals surface area contributed by atoms with Crippen molar-refractivity contribution in [2.24, 2.45) is 7.05 Å². The highest BCUT2D eigenvalue weighted by molar-refractivity contribution is 6.31. The van der Waals surface area contributed by atoms with Gasteiger partial charge in [-0.15, -0.1) is 0 Å². The van der Waals surface area contributed by atoms with Crippen molar-refractivity contribution in [3.63, 3.8) is 0 Å². The lowest BCUT2D eigenvalue weighted by atomic mass is 10.0. The summed E-state index contributed by atoms with van der Waals surface area (Å²) in [6, 6.07) is 10.9. The second kappa shape index (κ2) is 6.92. The maximum Gasteiger partial charge on any atom is 0.125 e. The molecule has 126 valence electrons. The first-order valence-corrected chi connectivity index (χ1v) is 8.05. The third-order valence-corrected chi connectivity index (χ3v) is 4.20. The lowest BCUT2D eigenvalue weighted by molar-refractivity contribution is 0.415. The maximum atomic E-state index is 10.3. The van der Waals surface area contributed by atoms with Crippen LogP contribution < -0.4 is 4.74 Å². The first kappa shape index (κ1) is 16.9. The molecule has 5 heteroatoms. The van der Waals surface area contributed by atoms with Crippen LogP contribution in [0.1, 0.15) is 16.7 Å². The lowest BCUT2D eigenvalue weighted by Crippen LogP contribution is -1.89. The van der Waals surface area contributed by atoms with Crippen LogP contribution in [-0.2, 0) is 7.05 Å². The maximum absolute atomic E-state index is 10.3. The van der Waals surface area contributed by atoms with Crippen molar-refractivity contribution < 1.29 is 9.84 Å². The Labute approximate surface area is 151 Å². The Hall–Kier alpha value is -2.90. The number of hydrogen-bond acceptors (Lipinski definition) is 3. The average Bonchev–Trinajstić information content (AvgIpc) is 2.97. The van der Waals surface area contributed by atoms with Crippen molar-refractivity contribution in [2.45, 2.75) is 6.92 Å². The Balaban J connectivity index is 2.02. The monoisotopic (exact) mass is 352 g/mol. The van der Waals surface area contributed by atoms with Crippen molar-refractivity contribution in [1.29, 1.82) is 0 Å². The molecular formula is C20H17ClN2O2.